The number of carboxylic acids is 1. The molecule has 2 aromatic rings. The van der Waals surface area contributed by atoms with E-state index in [1.807, 2.05) is 50.2 Å². The van der Waals surface area contributed by atoms with E-state index >= 15 is 0 Å². The summed E-state index contributed by atoms with van der Waals surface area (Å²) in [5.74, 6) is -1.32. The van der Waals surface area contributed by atoms with Crippen LogP contribution >= 0.6 is 0 Å². The molecular weight excluding hydrogens is 432 g/mol. The fourth-order valence-corrected chi connectivity index (χ4v) is 4.24. The lowest BCUT2D eigenvalue weighted by Gasteiger charge is -2.26. The molecule has 0 radical (unpaired) electrons. The van der Waals surface area contributed by atoms with Crippen LogP contribution in [0.4, 0.5) is 4.79 Å². The van der Waals surface area contributed by atoms with Gasteiger partial charge in [-0.25, -0.2) is 4.79 Å². The Morgan fingerprint density at radius 3 is 2.09 bits per heavy atom. The van der Waals surface area contributed by atoms with Crippen molar-refractivity contribution in [3.05, 3.63) is 59.7 Å². The topological polar surface area (TPSA) is 105 Å². The Hall–Kier alpha value is -3.35. The number of carboxylic acid groups (broad SMARTS) is 1. The summed E-state index contributed by atoms with van der Waals surface area (Å²) in [7, 11) is 0. The molecule has 7 nitrogen and oxygen atoms in total. The Labute approximate surface area is 200 Å². The van der Waals surface area contributed by atoms with Crippen molar-refractivity contribution in [3.63, 3.8) is 0 Å². The summed E-state index contributed by atoms with van der Waals surface area (Å²) in [4.78, 5) is 37.0. The zero-order valence-corrected chi connectivity index (χ0v) is 20.3. The van der Waals surface area contributed by atoms with Gasteiger partial charge in [0, 0.05) is 12.5 Å². The number of fused-ring (bicyclic) bond motifs is 3. The van der Waals surface area contributed by atoms with E-state index in [9.17, 15) is 19.5 Å². The molecule has 2 aromatic carbocycles. The average Bonchev–Trinajstić information content (AvgIpc) is 3.14. The SMILES string of the molecule is CCC(C)(CNC(=O)[C@H](CC(C)C)NC(=O)OCC1c2ccccc2-c2ccccc21)C(=O)O. The Morgan fingerprint density at radius 1 is 1.03 bits per heavy atom. The smallest absolute Gasteiger partial charge is 0.407 e. The van der Waals surface area contributed by atoms with Crippen LogP contribution < -0.4 is 10.6 Å². The van der Waals surface area contributed by atoms with Gasteiger partial charge in [-0.3, -0.25) is 9.59 Å². The molecular formula is C27H34N2O5. The standard InChI is InChI=1S/C27H34N2O5/c1-5-27(4,25(31)32)16-28-24(30)23(14-17(2)3)29-26(33)34-15-22-20-12-8-6-10-18(20)19-11-7-9-13-21(19)22/h6-13,17,22-23H,5,14-16H2,1-4H3,(H,28,30)(H,29,33)(H,31,32)/t23-,27?/m0/s1. The first-order valence-electron chi connectivity index (χ1n) is 11.8. The van der Waals surface area contributed by atoms with Crippen molar-refractivity contribution in [3.8, 4) is 11.1 Å². The van der Waals surface area contributed by atoms with E-state index in [0.717, 1.165) is 22.3 Å². The van der Waals surface area contributed by atoms with Crippen LogP contribution in [0.2, 0.25) is 0 Å². The van der Waals surface area contributed by atoms with Crippen molar-refractivity contribution in [2.45, 2.75) is 52.5 Å². The van der Waals surface area contributed by atoms with Crippen molar-refractivity contribution >= 4 is 18.0 Å². The van der Waals surface area contributed by atoms with Gasteiger partial charge in [0.15, 0.2) is 0 Å². The lowest BCUT2D eigenvalue weighted by atomic mass is 9.87. The quantitative estimate of drug-likeness (QED) is 0.476. The number of rotatable bonds is 10. The number of alkyl carbamates (subject to hydrolysis) is 1. The van der Waals surface area contributed by atoms with E-state index < -0.39 is 29.4 Å². The number of nitrogens with one attached hydrogen (secondary N) is 2. The van der Waals surface area contributed by atoms with Gasteiger partial charge >= 0.3 is 12.1 Å². The van der Waals surface area contributed by atoms with E-state index in [4.69, 9.17) is 4.74 Å². The van der Waals surface area contributed by atoms with Crippen LogP contribution in [0.1, 0.15) is 57.6 Å². The van der Waals surface area contributed by atoms with E-state index in [-0.39, 0.29) is 25.0 Å². The van der Waals surface area contributed by atoms with Crippen molar-refractivity contribution in [1.29, 1.82) is 0 Å². The average molecular weight is 467 g/mol. The summed E-state index contributed by atoms with van der Waals surface area (Å²) in [6, 6.07) is 15.3. The maximum Gasteiger partial charge on any atom is 0.407 e. The molecule has 2 amide bonds. The number of carbonyl (C=O) groups excluding carboxylic acids is 2. The van der Waals surface area contributed by atoms with Crippen molar-refractivity contribution in [2.75, 3.05) is 13.2 Å². The second-order valence-corrected chi connectivity index (χ2v) is 9.59. The molecule has 1 aliphatic rings. The minimum atomic E-state index is -1.07. The monoisotopic (exact) mass is 466 g/mol. The van der Waals surface area contributed by atoms with Gasteiger partial charge in [-0.15, -0.1) is 0 Å². The highest BCUT2D eigenvalue weighted by Gasteiger charge is 2.33. The minimum absolute atomic E-state index is 0.0152. The van der Waals surface area contributed by atoms with Gasteiger partial charge in [-0.2, -0.15) is 0 Å². The van der Waals surface area contributed by atoms with Crippen LogP contribution in [0, 0.1) is 11.3 Å². The van der Waals surface area contributed by atoms with Crippen LogP contribution in [0.5, 0.6) is 0 Å². The van der Waals surface area contributed by atoms with Gasteiger partial charge in [0.05, 0.1) is 5.41 Å². The largest absolute Gasteiger partial charge is 0.481 e. The molecule has 3 rings (SSSR count). The highest BCUT2D eigenvalue weighted by molar-refractivity contribution is 5.86. The molecule has 0 saturated heterocycles. The molecule has 0 aromatic heterocycles. The summed E-state index contributed by atoms with van der Waals surface area (Å²) in [6.07, 6.45) is 0.114. The molecule has 3 N–H and O–H groups in total. The maximum atomic E-state index is 12.8. The lowest BCUT2D eigenvalue weighted by molar-refractivity contribution is -0.148. The van der Waals surface area contributed by atoms with E-state index in [1.165, 1.54) is 0 Å². The van der Waals surface area contributed by atoms with E-state index in [1.54, 1.807) is 13.8 Å². The summed E-state index contributed by atoms with van der Waals surface area (Å²) in [5, 5.41) is 14.8. The number of carbonyl (C=O) groups is 3. The third-order valence-corrected chi connectivity index (χ3v) is 6.61. The normalized spacial score (nSPS) is 15.1. The first-order valence-corrected chi connectivity index (χ1v) is 11.8. The maximum absolute atomic E-state index is 12.8. The van der Waals surface area contributed by atoms with Gasteiger partial charge in [0.25, 0.3) is 0 Å². The summed E-state index contributed by atoms with van der Waals surface area (Å²) < 4.78 is 5.58. The lowest BCUT2D eigenvalue weighted by Crippen LogP contribution is -2.50. The Kier molecular flexibility index (Phi) is 7.97. The van der Waals surface area contributed by atoms with Crippen LogP contribution in [-0.4, -0.2) is 42.3 Å². The molecule has 0 spiro atoms. The molecule has 0 heterocycles. The molecule has 0 bridgehead atoms. The third-order valence-electron chi connectivity index (χ3n) is 6.61. The summed E-state index contributed by atoms with van der Waals surface area (Å²) in [6.45, 7) is 7.40. The Morgan fingerprint density at radius 2 is 1.59 bits per heavy atom. The zero-order valence-electron chi connectivity index (χ0n) is 20.3. The van der Waals surface area contributed by atoms with Gasteiger partial charge in [0.2, 0.25) is 5.91 Å². The first-order chi connectivity index (χ1) is 16.2. The van der Waals surface area contributed by atoms with Crippen LogP contribution in [0.3, 0.4) is 0 Å². The van der Waals surface area contributed by atoms with Crippen molar-refractivity contribution < 1.29 is 24.2 Å². The van der Waals surface area contributed by atoms with Gasteiger partial charge in [-0.05, 0) is 47.9 Å². The van der Waals surface area contributed by atoms with Crippen molar-refractivity contribution in [1.82, 2.24) is 10.6 Å². The number of benzene rings is 2. The van der Waals surface area contributed by atoms with Crippen LogP contribution in [0.25, 0.3) is 11.1 Å². The highest BCUT2D eigenvalue weighted by Crippen LogP contribution is 2.44. The molecule has 2 atom stereocenters. The number of aliphatic carboxylic acids is 1. The second kappa shape index (κ2) is 10.7. The predicted molar refractivity (Wildman–Crippen MR) is 130 cm³/mol. The number of ether oxygens (including phenoxy) is 1. The number of hydrogen-bond acceptors (Lipinski definition) is 4. The van der Waals surface area contributed by atoms with Crippen molar-refractivity contribution in [2.24, 2.45) is 11.3 Å². The van der Waals surface area contributed by atoms with Gasteiger partial charge in [0.1, 0.15) is 12.6 Å². The molecule has 7 heteroatoms. The summed E-state index contributed by atoms with van der Waals surface area (Å²) in [5.41, 5.74) is 3.44. The van der Waals surface area contributed by atoms with Crippen LogP contribution in [0.15, 0.2) is 48.5 Å². The van der Waals surface area contributed by atoms with E-state index in [0.29, 0.717) is 12.8 Å². The molecule has 0 fully saturated rings. The Balaban J connectivity index is 1.64. The molecule has 1 unspecified atom stereocenters. The molecule has 34 heavy (non-hydrogen) atoms. The number of amides is 2. The second-order valence-electron chi connectivity index (χ2n) is 9.59. The molecule has 0 aliphatic heterocycles. The summed E-state index contributed by atoms with van der Waals surface area (Å²) >= 11 is 0. The Bertz CT molecular complexity index is 1010. The van der Waals surface area contributed by atoms with Gasteiger partial charge < -0.3 is 20.5 Å². The zero-order chi connectivity index (χ0) is 24.9. The fourth-order valence-electron chi connectivity index (χ4n) is 4.24. The molecule has 182 valence electrons. The first kappa shape index (κ1) is 25.3. The minimum Gasteiger partial charge on any atom is -0.481 e. The highest BCUT2D eigenvalue weighted by atomic mass is 16.5. The van der Waals surface area contributed by atoms with Gasteiger partial charge in [-0.1, -0.05) is 69.3 Å². The predicted octanol–water partition coefficient (Wildman–Crippen LogP) is 4.56. The van der Waals surface area contributed by atoms with E-state index in [2.05, 4.69) is 22.8 Å². The fraction of sp³-hybridized carbons (Fsp3) is 0.444. The molecule has 1 aliphatic carbocycles. The molecule has 0 saturated carbocycles. The number of hydrogen-bond donors (Lipinski definition) is 3. The third kappa shape index (κ3) is 5.58. The van der Waals surface area contributed by atoms with Crippen LogP contribution in [-0.2, 0) is 14.3 Å².